The highest BCUT2D eigenvalue weighted by Gasteiger charge is 2.22. The van der Waals surface area contributed by atoms with E-state index >= 15 is 0 Å². The van der Waals surface area contributed by atoms with Gasteiger partial charge in [-0.15, -0.1) is 35.3 Å². The molecule has 180 valence electrons. The number of thioether (sulfide) groups is 6. The van der Waals surface area contributed by atoms with E-state index < -0.39 is 0 Å². The summed E-state index contributed by atoms with van der Waals surface area (Å²) in [6.45, 7) is 12.4. The first kappa shape index (κ1) is 26.0. The molecule has 3 aliphatic heterocycles. The van der Waals surface area contributed by atoms with Crippen molar-refractivity contribution in [2.75, 3.05) is 51.8 Å². The first-order valence-corrected chi connectivity index (χ1v) is 17.4. The van der Waals surface area contributed by atoms with Crippen LogP contribution in [-0.4, -0.2) is 68.1 Å². The Morgan fingerprint density at radius 3 is 1.12 bits per heavy atom. The van der Waals surface area contributed by atoms with E-state index in [4.69, 9.17) is 14.2 Å². The molecule has 0 radical (unpaired) electrons. The molecule has 0 aliphatic carbocycles. The minimum Gasteiger partial charge on any atom is -0.479 e. The van der Waals surface area contributed by atoms with E-state index in [0.717, 1.165) is 69.0 Å². The molecule has 1 aromatic rings. The molecule has 0 amide bonds. The molecule has 3 atom stereocenters. The van der Waals surface area contributed by atoms with Crippen molar-refractivity contribution in [3.05, 3.63) is 54.7 Å². The fraction of sp³-hybridized carbons (Fsp3) is 0.500. The smallest absolute Gasteiger partial charge is 0.153 e. The molecule has 1 aromatic carbocycles. The molecule has 3 nitrogen and oxygen atoms in total. The van der Waals surface area contributed by atoms with Gasteiger partial charge in [-0.3, -0.25) is 0 Å². The van der Waals surface area contributed by atoms with Crippen molar-refractivity contribution in [3.63, 3.8) is 0 Å². The molecule has 0 N–H and O–H groups in total. The summed E-state index contributed by atoms with van der Waals surface area (Å²) in [6.07, 6.45) is 0. The molecule has 3 unspecified atom stereocenters. The normalized spacial score (nSPS) is 27.3. The Morgan fingerprint density at radius 1 is 0.515 bits per heavy atom. The number of hydrogen-bond acceptors (Lipinski definition) is 9. The van der Waals surface area contributed by atoms with Crippen molar-refractivity contribution in [2.45, 2.75) is 16.3 Å². The van der Waals surface area contributed by atoms with Gasteiger partial charge < -0.3 is 14.2 Å². The van der Waals surface area contributed by atoms with Crippen molar-refractivity contribution in [1.82, 2.24) is 0 Å². The van der Waals surface area contributed by atoms with Crippen molar-refractivity contribution in [2.24, 2.45) is 0 Å². The Labute approximate surface area is 223 Å². The molecule has 9 heteroatoms. The minimum absolute atomic E-state index is 0.0922. The van der Waals surface area contributed by atoms with Crippen LogP contribution in [0.2, 0.25) is 0 Å². The molecule has 0 spiro atoms. The van der Waals surface area contributed by atoms with E-state index in [1.165, 1.54) is 16.7 Å². The van der Waals surface area contributed by atoms with Gasteiger partial charge >= 0.3 is 0 Å². The summed E-state index contributed by atoms with van der Waals surface area (Å²) < 4.78 is 19.2. The molecule has 3 saturated heterocycles. The van der Waals surface area contributed by atoms with Crippen molar-refractivity contribution >= 4 is 70.6 Å². The second-order valence-electron chi connectivity index (χ2n) is 8.01. The van der Waals surface area contributed by atoms with Gasteiger partial charge in [-0.2, -0.15) is 35.3 Å². The molecule has 3 aliphatic rings. The van der Waals surface area contributed by atoms with E-state index in [9.17, 15) is 0 Å². The van der Waals surface area contributed by atoms with Gasteiger partial charge in [0.05, 0.1) is 0 Å². The topological polar surface area (TPSA) is 27.7 Å². The lowest BCUT2D eigenvalue weighted by Crippen LogP contribution is -2.18. The molecular weight excluding hydrogens is 529 g/mol. The quantitative estimate of drug-likeness (QED) is 0.345. The second-order valence-corrected chi connectivity index (χ2v) is 14.5. The largest absolute Gasteiger partial charge is 0.479 e. The molecule has 0 saturated carbocycles. The second kappa shape index (κ2) is 13.3. The first-order chi connectivity index (χ1) is 16.0. The van der Waals surface area contributed by atoms with Crippen LogP contribution in [0, 0.1) is 0 Å². The van der Waals surface area contributed by atoms with Gasteiger partial charge in [0.2, 0.25) is 0 Å². The van der Waals surface area contributed by atoms with Crippen molar-refractivity contribution in [3.8, 4) is 17.2 Å². The summed E-state index contributed by atoms with van der Waals surface area (Å²) in [5.74, 6) is 11.1. The van der Waals surface area contributed by atoms with Crippen LogP contribution in [0.25, 0.3) is 0 Å². The van der Waals surface area contributed by atoms with Gasteiger partial charge in [0, 0.05) is 70.0 Å². The SMILES string of the molecule is C=C1CSCC(Oc2cc(OC3CSCC(=C)CS3)cc(OC3CSCC(=C)CS3)c2)SC1. The third kappa shape index (κ3) is 8.83. The highest BCUT2D eigenvalue weighted by Crippen LogP contribution is 2.37. The lowest BCUT2D eigenvalue weighted by molar-refractivity contribution is 0.281. The van der Waals surface area contributed by atoms with Crippen LogP contribution >= 0.6 is 70.6 Å². The zero-order valence-electron chi connectivity index (χ0n) is 18.6. The molecule has 33 heavy (non-hydrogen) atoms. The maximum absolute atomic E-state index is 6.42. The zero-order chi connectivity index (χ0) is 23.0. The van der Waals surface area contributed by atoms with Crippen LogP contribution in [0.4, 0.5) is 0 Å². The van der Waals surface area contributed by atoms with E-state index in [0.29, 0.717) is 0 Å². The molecule has 0 bridgehead atoms. The number of benzene rings is 1. The van der Waals surface area contributed by atoms with Crippen LogP contribution in [-0.2, 0) is 0 Å². The summed E-state index contributed by atoms with van der Waals surface area (Å²) in [4.78, 5) is 0. The van der Waals surface area contributed by atoms with Crippen LogP contribution in [0.3, 0.4) is 0 Å². The van der Waals surface area contributed by atoms with E-state index in [2.05, 4.69) is 19.7 Å². The average molecular weight is 559 g/mol. The maximum atomic E-state index is 6.42. The molecule has 0 aromatic heterocycles. The van der Waals surface area contributed by atoms with Gasteiger partial charge in [0.1, 0.15) is 17.2 Å². The van der Waals surface area contributed by atoms with E-state index in [-0.39, 0.29) is 16.3 Å². The van der Waals surface area contributed by atoms with Crippen molar-refractivity contribution < 1.29 is 14.2 Å². The Hall–Kier alpha value is -0.0600. The highest BCUT2D eigenvalue weighted by molar-refractivity contribution is 8.05. The number of rotatable bonds is 6. The molecular formula is C24H30O3S6. The highest BCUT2D eigenvalue weighted by atomic mass is 32.2. The average Bonchev–Trinajstić information content (AvgIpc) is 3.20. The standard InChI is InChI=1S/C24H30O3S6/c1-16-7-28-13-22(31-10-16)25-19-4-20(26-23-14-29-8-17(2)11-32-23)6-21(5-19)27-24-15-30-9-18(3)12-33-24/h4-6,22-24H,1-3,7-15H2. The fourth-order valence-corrected chi connectivity index (χ4v) is 10.0. The van der Waals surface area contributed by atoms with E-state index in [1.54, 1.807) is 0 Å². The van der Waals surface area contributed by atoms with Crippen molar-refractivity contribution in [1.29, 1.82) is 0 Å². The van der Waals surface area contributed by atoms with Gasteiger partial charge in [0.15, 0.2) is 16.3 Å². The van der Waals surface area contributed by atoms with Crippen LogP contribution in [0.1, 0.15) is 0 Å². The third-order valence-corrected chi connectivity index (χ3v) is 12.5. The summed E-state index contributed by atoms with van der Waals surface area (Å²) in [5, 5.41) is 0. The Balaban J connectivity index is 1.49. The van der Waals surface area contributed by atoms with Gasteiger partial charge in [-0.05, 0) is 0 Å². The van der Waals surface area contributed by atoms with Gasteiger partial charge in [-0.1, -0.05) is 36.5 Å². The van der Waals surface area contributed by atoms with Crippen LogP contribution < -0.4 is 14.2 Å². The molecule has 3 heterocycles. The van der Waals surface area contributed by atoms with Gasteiger partial charge in [-0.25, -0.2) is 0 Å². The zero-order valence-corrected chi connectivity index (χ0v) is 23.5. The maximum Gasteiger partial charge on any atom is 0.153 e. The first-order valence-electron chi connectivity index (χ1n) is 10.8. The molecule has 3 fully saturated rings. The number of hydrogen-bond donors (Lipinski definition) is 0. The fourth-order valence-electron chi connectivity index (χ4n) is 3.21. The Kier molecular flexibility index (Phi) is 10.5. The van der Waals surface area contributed by atoms with Crippen LogP contribution in [0.5, 0.6) is 17.2 Å². The lowest BCUT2D eigenvalue weighted by atomic mass is 10.3. The summed E-state index contributed by atoms with van der Waals surface area (Å²) in [7, 11) is 0. The summed E-state index contributed by atoms with van der Waals surface area (Å²) >= 11 is 11.1. The Bertz CT molecular complexity index is 739. The predicted octanol–water partition coefficient (Wildman–Crippen LogP) is 6.91. The van der Waals surface area contributed by atoms with Gasteiger partial charge in [0.25, 0.3) is 0 Å². The third-order valence-electron chi connectivity index (χ3n) is 4.76. The molecule has 4 rings (SSSR count). The number of ether oxygens (including phenoxy) is 3. The predicted molar refractivity (Wildman–Crippen MR) is 156 cm³/mol. The van der Waals surface area contributed by atoms with E-state index in [1.807, 2.05) is 88.8 Å². The monoisotopic (exact) mass is 558 g/mol. The summed E-state index contributed by atoms with van der Waals surface area (Å²) in [5.41, 5.74) is 4.09. The Morgan fingerprint density at radius 2 is 0.818 bits per heavy atom. The van der Waals surface area contributed by atoms with Crippen LogP contribution in [0.15, 0.2) is 54.7 Å². The lowest BCUT2D eigenvalue weighted by Gasteiger charge is -2.22. The summed E-state index contributed by atoms with van der Waals surface area (Å²) in [6, 6.07) is 6.04. The minimum atomic E-state index is 0.0922.